The molecule has 15 heteroatoms. The van der Waals surface area contributed by atoms with Crippen molar-refractivity contribution in [3.8, 4) is 0 Å². The van der Waals surface area contributed by atoms with Crippen molar-refractivity contribution in [2.45, 2.75) is 25.2 Å². The Morgan fingerprint density at radius 1 is 0.927 bits per heavy atom. The van der Waals surface area contributed by atoms with Gasteiger partial charge in [0.05, 0.1) is 30.2 Å². The summed E-state index contributed by atoms with van der Waals surface area (Å²) in [5, 5.41) is 14.1. The molecule has 13 nitrogen and oxygen atoms in total. The monoisotopic (exact) mass is 599 g/mol. The number of nitrogens with zero attached hydrogens (tertiary/aromatic N) is 3. The Bertz CT molecular complexity index is 1540. The SMILES string of the molecule is COC(=O)c1cc(NC(=S)NC(=NCCc2ccc(S(N)(=O)=O)cc2)Nc2nc(C)cc(C)n2)cc(C(=O)OC)c1. The first-order valence-electron chi connectivity index (χ1n) is 12.0. The van der Waals surface area contributed by atoms with Crippen LogP contribution in [0.2, 0.25) is 0 Å². The lowest BCUT2D eigenvalue weighted by atomic mass is 10.1. The molecule has 2 aromatic carbocycles. The summed E-state index contributed by atoms with van der Waals surface area (Å²) in [5.41, 5.74) is 2.87. The lowest BCUT2D eigenvalue weighted by Crippen LogP contribution is -2.39. The Labute approximate surface area is 242 Å². The van der Waals surface area contributed by atoms with E-state index in [4.69, 9.17) is 26.8 Å². The zero-order valence-electron chi connectivity index (χ0n) is 22.7. The molecule has 0 atom stereocenters. The third-order valence-electron chi connectivity index (χ3n) is 5.40. The van der Waals surface area contributed by atoms with Crippen molar-refractivity contribution in [3.05, 3.63) is 76.6 Å². The number of ether oxygens (including phenoxy) is 2. The molecule has 0 saturated heterocycles. The van der Waals surface area contributed by atoms with Crippen LogP contribution < -0.4 is 21.1 Å². The van der Waals surface area contributed by atoms with E-state index in [1.54, 1.807) is 12.1 Å². The predicted molar refractivity (Wildman–Crippen MR) is 157 cm³/mol. The molecule has 0 aliphatic carbocycles. The third-order valence-corrected chi connectivity index (χ3v) is 6.53. The van der Waals surface area contributed by atoms with Crippen LogP contribution in [0.3, 0.4) is 0 Å². The lowest BCUT2D eigenvalue weighted by molar-refractivity contribution is 0.0599. The molecular weight excluding hydrogens is 570 g/mol. The summed E-state index contributed by atoms with van der Waals surface area (Å²) in [6, 6.07) is 12.3. The van der Waals surface area contributed by atoms with Crippen molar-refractivity contribution in [2.75, 3.05) is 31.4 Å². The van der Waals surface area contributed by atoms with Crippen LogP contribution >= 0.6 is 12.2 Å². The second-order valence-corrected chi connectivity index (χ2v) is 10.6. The first-order chi connectivity index (χ1) is 19.4. The minimum atomic E-state index is -3.79. The quantitative estimate of drug-likeness (QED) is 0.128. The fourth-order valence-corrected chi connectivity index (χ4v) is 4.31. The van der Waals surface area contributed by atoms with Gasteiger partial charge in [-0.15, -0.1) is 0 Å². The number of carbonyl (C=O) groups excluding carboxylic acids is 2. The van der Waals surface area contributed by atoms with Gasteiger partial charge in [-0.05, 0) is 74.4 Å². The van der Waals surface area contributed by atoms with E-state index in [9.17, 15) is 18.0 Å². The maximum Gasteiger partial charge on any atom is 0.337 e. The molecule has 5 N–H and O–H groups in total. The number of aromatic nitrogens is 2. The van der Waals surface area contributed by atoms with Gasteiger partial charge in [0.15, 0.2) is 5.11 Å². The van der Waals surface area contributed by atoms with E-state index >= 15 is 0 Å². The molecule has 216 valence electrons. The third kappa shape index (κ3) is 9.30. The number of esters is 2. The number of nitrogens with two attached hydrogens (primary N) is 1. The molecule has 0 radical (unpaired) electrons. The zero-order valence-corrected chi connectivity index (χ0v) is 24.4. The lowest BCUT2D eigenvalue weighted by Gasteiger charge is -2.15. The molecule has 0 aliphatic rings. The minimum absolute atomic E-state index is 0.0174. The number of methoxy groups -OCH3 is 2. The number of nitrogens with one attached hydrogen (secondary N) is 3. The maximum atomic E-state index is 12.1. The summed E-state index contributed by atoms with van der Waals surface area (Å²) in [6.07, 6.45) is 0.468. The van der Waals surface area contributed by atoms with E-state index in [-0.39, 0.29) is 39.6 Å². The van der Waals surface area contributed by atoms with E-state index in [0.29, 0.717) is 12.1 Å². The van der Waals surface area contributed by atoms with Crippen molar-refractivity contribution in [1.29, 1.82) is 0 Å². The Morgan fingerprint density at radius 3 is 2.00 bits per heavy atom. The summed E-state index contributed by atoms with van der Waals surface area (Å²) in [7, 11) is -1.33. The van der Waals surface area contributed by atoms with Crippen LogP contribution in [0.1, 0.15) is 37.7 Å². The number of hydrogen-bond acceptors (Lipinski definition) is 10. The number of aryl methyl sites for hydroxylation is 2. The average Bonchev–Trinajstić information content (AvgIpc) is 2.91. The van der Waals surface area contributed by atoms with Crippen LogP contribution in [-0.4, -0.2) is 62.2 Å². The van der Waals surface area contributed by atoms with Gasteiger partial charge in [0.2, 0.25) is 21.9 Å². The van der Waals surface area contributed by atoms with Gasteiger partial charge in [-0.25, -0.2) is 33.1 Å². The maximum absolute atomic E-state index is 12.1. The number of guanidine groups is 1. The van der Waals surface area contributed by atoms with E-state index in [2.05, 4.69) is 30.9 Å². The number of primary sulfonamides is 1. The van der Waals surface area contributed by atoms with E-state index in [1.165, 1.54) is 44.6 Å². The van der Waals surface area contributed by atoms with Crippen molar-refractivity contribution in [1.82, 2.24) is 15.3 Å². The van der Waals surface area contributed by atoms with Crippen molar-refractivity contribution in [3.63, 3.8) is 0 Å². The first kappa shape index (κ1) is 31.1. The first-order valence-corrected chi connectivity index (χ1v) is 14.0. The number of hydrogen-bond donors (Lipinski definition) is 4. The Balaban J connectivity index is 1.82. The molecule has 0 spiro atoms. The van der Waals surface area contributed by atoms with Gasteiger partial charge < -0.3 is 20.1 Å². The molecule has 1 heterocycles. The highest BCUT2D eigenvalue weighted by atomic mass is 32.2. The number of carbonyl (C=O) groups is 2. The van der Waals surface area contributed by atoms with Gasteiger partial charge in [-0.3, -0.25) is 10.3 Å². The minimum Gasteiger partial charge on any atom is -0.465 e. The van der Waals surface area contributed by atoms with Crippen molar-refractivity contribution < 1.29 is 27.5 Å². The molecule has 1 aromatic heterocycles. The highest BCUT2D eigenvalue weighted by Crippen LogP contribution is 2.17. The molecular formula is C26H29N7O6S2. The van der Waals surface area contributed by atoms with Crippen LogP contribution in [0.5, 0.6) is 0 Å². The fourth-order valence-electron chi connectivity index (χ4n) is 3.58. The van der Waals surface area contributed by atoms with Gasteiger partial charge in [-0.2, -0.15) is 0 Å². The molecule has 3 rings (SSSR count). The number of anilines is 2. The molecule has 3 aromatic rings. The largest absolute Gasteiger partial charge is 0.465 e. The molecule has 0 fully saturated rings. The normalized spacial score (nSPS) is 11.4. The molecule has 0 aliphatic heterocycles. The van der Waals surface area contributed by atoms with Crippen LogP contribution in [-0.2, 0) is 25.9 Å². The Hall–Kier alpha value is -4.47. The van der Waals surface area contributed by atoms with Gasteiger partial charge >= 0.3 is 11.9 Å². The molecule has 41 heavy (non-hydrogen) atoms. The molecule has 0 bridgehead atoms. The van der Waals surface area contributed by atoms with E-state index in [0.717, 1.165) is 17.0 Å². The Morgan fingerprint density at radius 2 is 1.49 bits per heavy atom. The van der Waals surface area contributed by atoms with Crippen LogP contribution in [0.15, 0.2) is 58.4 Å². The number of sulfonamides is 1. The topological polar surface area (TPSA) is 187 Å². The van der Waals surface area contributed by atoms with E-state index < -0.39 is 22.0 Å². The predicted octanol–water partition coefficient (Wildman–Crippen LogP) is 2.31. The standard InChI is InChI=1S/C26H29N7O6S2/c1-15-11-16(2)30-25(29-15)32-24(28-10-9-17-5-7-21(8-6-17)41(27,36)37)33-26(40)31-20-13-18(22(34)38-3)12-19(14-20)23(35)39-4/h5-8,11-14H,9-10H2,1-4H3,(H2,27,36,37)(H3,28,29,30,31,32,33,40). The van der Waals surface area contributed by atoms with Crippen LogP contribution in [0, 0.1) is 13.8 Å². The summed E-state index contributed by atoms with van der Waals surface area (Å²) in [5.74, 6) is -0.794. The smallest absolute Gasteiger partial charge is 0.337 e. The highest BCUT2D eigenvalue weighted by Gasteiger charge is 2.15. The zero-order chi connectivity index (χ0) is 30.2. The van der Waals surface area contributed by atoms with Crippen LogP contribution in [0.25, 0.3) is 0 Å². The van der Waals surface area contributed by atoms with Crippen molar-refractivity contribution in [2.24, 2.45) is 10.1 Å². The fraction of sp³-hybridized carbons (Fsp3) is 0.231. The molecule has 0 saturated carbocycles. The van der Waals surface area contributed by atoms with Gasteiger partial charge in [-0.1, -0.05) is 12.1 Å². The summed E-state index contributed by atoms with van der Waals surface area (Å²) in [6.45, 7) is 3.94. The second-order valence-electron chi connectivity index (χ2n) is 8.63. The highest BCUT2D eigenvalue weighted by molar-refractivity contribution is 7.89. The average molecular weight is 600 g/mol. The summed E-state index contributed by atoms with van der Waals surface area (Å²) in [4.78, 5) is 37.5. The van der Waals surface area contributed by atoms with Gasteiger partial charge in [0.1, 0.15) is 0 Å². The van der Waals surface area contributed by atoms with Crippen molar-refractivity contribution >= 4 is 56.9 Å². The molecule has 0 amide bonds. The Kier molecular flexibility index (Phi) is 10.4. The number of rotatable bonds is 8. The van der Waals surface area contributed by atoms with E-state index in [1.807, 2.05) is 19.9 Å². The van der Waals surface area contributed by atoms with Gasteiger partial charge in [0, 0.05) is 23.6 Å². The number of aliphatic imine (C=N–C) groups is 1. The van der Waals surface area contributed by atoms with Gasteiger partial charge in [0.25, 0.3) is 0 Å². The summed E-state index contributed by atoms with van der Waals surface area (Å²) < 4.78 is 32.5. The number of thiocarbonyl (C=S) groups is 1. The second kappa shape index (κ2) is 13.7. The summed E-state index contributed by atoms with van der Waals surface area (Å²) >= 11 is 5.46. The molecule has 0 unspecified atom stereocenters. The van der Waals surface area contributed by atoms with Crippen LogP contribution in [0.4, 0.5) is 11.6 Å². The number of benzene rings is 2.